The highest BCUT2D eigenvalue weighted by atomic mass is 79.9. The van der Waals surface area contributed by atoms with Crippen LogP contribution in [0.25, 0.3) is 0 Å². The summed E-state index contributed by atoms with van der Waals surface area (Å²) in [6.45, 7) is 1.13. The lowest BCUT2D eigenvalue weighted by molar-refractivity contribution is 0.152. The molecule has 0 spiro atoms. The van der Waals surface area contributed by atoms with Gasteiger partial charge in [-0.2, -0.15) is 0 Å². The van der Waals surface area contributed by atoms with E-state index in [-0.39, 0.29) is 13.2 Å². The first-order valence-electron chi connectivity index (χ1n) is 5.57. The molecule has 0 radical (unpaired) electrons. The standard InChI is InChI=1S/C12H16BrF2NO2/c1-8(18)9-2-3-11(10(13)6-9)16(4-5-17)7-12(14)15/h2-3,6,8,12,17-18H,4-5,7H2,1H3. The minimum Gasteiger partial charge on any atom is -0.395 e. The summed E-state index contributed by atoms with van der Waals surface area (Å²) in [4.78, 5) is 1.40. The van der Waals surface area contributed by atoms with Gasteiger partial charge in [0.15, 0.2) is 0 Å². The van der Waals surface area contributed by atoms with Crippen LogP contribution in [0.5, 0.6) is 0 Å². The summed E-state index contributed by atoms with van der Waals surface area (Å²) >= 11 is 3.30. The Labute approximate surface area is 113 Å². The number of hydrogen-bond acceptors (Lipinski definition) is 3. The second kappa shape index (κ2) is 7.01. The van der Waals surface area contributed by atoms with Crippen LogP contribution in [0.3, 0.4) is 0 Å². The van der Waals surface area contributed by atoms with E-state index < -0.39 is 19.1 Å². The minimum absolute atomic E-state index is 0.136. The third-order valence-electron chi connectivity index (χ3n) is 2.52. The summed E-state index contributed by atoms with van der Waals surface area (Å²) < 4.78 is 25.5. The van der Waals surface area contributed by atoms with Crippen molar-refractivity contribution in [2.75, 3.05) is 24.6 Å². The van der Waals surface area contributed by atoms with Crippen LogP contribution in [0.4, 0.5) is 14.5 Å². The molecular weight excluding hydrogens is 308 g/mol. The van der Waals surface area contributed by atoms with E-state index in [2.05, 4.69) is 15.9 Å². The van der Waals surface area contributed by atoms with Gasteiger partial charge in [-0.15, -0.1) is 0 Å². The summed E-state index contributed by atoms with van der Waals surface area (Å²) in [5.74, 6) is 0. The van der Waals surface area contributed by atoms with E-state index in [1.165, 1.54) is 4.90 Å². The van der Waals surface area contributed by atoms with Crippen LogP contribution in [0, 0.1) is 0 Å². The number of halogens is 3. The fraction of sp³-hybridized carbons (Fsp3) is 0.500. The van der Waals surface area contributed by atoms with Gasteiger partial charge < -0.3 is 15.1 Å². The summed E-state index contributed by atoms with van der Waals surface area (Å²) in [6.07, 6.45) is -3.09. The number of alkyl halides is 2. The van der Waals surface area contributed by atoms with E-state index in [0.717, 1.165) is 0 Å². The molecular formula is C12H16BrF2NO2. The molecule has 0 fully saturated rings. The van der Waals surface area contributed by atoms with Crippen LogP contribution in [0.15, 0.2) is 22.7 Å². The van der Waals surface area contributed by atoms with Crippen LogP contribution >= 0.6 is 15.9 Å². The van der Waals surface area contributed by atoms with Gasteiger partial charge in [0.1, 0.15) is 0 Å². The number of hydrogen-bond donors (Lipinski definition) is 2. The molecule has 1 aromatic rings. The van der Waals surface area contributed by atoms with Gasteiger partial charge in [0, 0.05) is 11.0 Å². The van der Waals surface area contributed by atoms with E-state index in [9.17, 15) is 13.9 Å². The van der Waals surface area contributed by atoms with Crippen molar-refractivity contribution in [2.24, 2.45) is 0 Å². The molecule has 102 valence electrons. The first-order chi connectivity index (χ1) is 8.45. The third kappa shape index (κ3) is 4.19. The molecule has 0 amide bonds. The second-order valence-corrected chi connectivity index (χ2v) is 4.80. The largest absolute Gasteiger partial charge is 0.395 e. The van der Waals surface area contributed by atoms with Crippen LogP contribution in [0.2, 0.25) is 0 Å². The lowest BCUT2D eigenvalue weighted by Crippen LogP contribution is -2.31. The Hall–Kier alpha value is -0.720. The molecule has 3 nitrogen and oxygen atoms in total. The van der Waals surface area contributed by atoms with E-state index in [0.29, 0.717) is 15.7 Å². The molecule has 6 heteroatoms. The van der Waals surface area contributed by atoms with Crippen molar-refractivity contribution in [2.45, 2.75) is 19.5 Å². The monoisotopic (exact) mass is 323 g/mol. The highest BCUT2D eigenvalue weighted by Gasteiger charge is 2.15. The number of benzene rings is 1. The Bertz CT molecular complexity index is 388. The Morgan fingerprint density at radius 1 is 1.39 bits per heavy atom. The van der Waals surface area contributed by atoms with Crippen molar-refractivity contribution < 1.29 is 19.0 Å². The number of anilines is 1. The van der Waals surface area contributed by atoms with E-state index >= 15 is 0 Å². The van der Waals surface area contributed by atoms with E-state index in [1.807, 2.05) is 0 Å². The smallest absolute Gasteiger partial charge is 0.255 e. The van der Waals surface area contributed by atoms with Gasteiger partial charge in [0.2, 0.25) is 0 Å². The van der Waals surface area contributed by atoms with Gasteiger partial charge >= 0.3 is 0 Å². The van der Waals surface area contributed by atoms with Crippen LogP contribution in [0.1, 0.15) is 18.6 Å². The first kappa shape index (κ1) is 15.3. The molecule has 2 N–H and O–H groups in total. The zero-order valence-electron chi connectivity index (χ0n) is 9.98. The Morgan fingerprint density at radius 2 is 2.06 bits per heavy atom. The van der Waals surface area contributed by atoms with Crippen molar-refractivity contribution in [1.29, 1.82) is 0 Å². The average molecular weight is 324 g/mol. The van der Waals surface area contributed by atoms with Crippen LogP contribution in [-0.4, -0.2) is 36.3 Å². The maximum atomic E-state index is 12.5. The molecule has 0 aliphatic heterocycles. The highest BCUT2D eigenvalue weighted by molar-refractivity contribution is 9.10. The lowest BCUT2D eigenvalue weighted by Gasteiger charge is -2.25. The van der Waals surface area contributed by atoms with Crippen molar-refractivity contribution >= 4 is 21.6 Å². The predicted octanol–water partition coefficient (Wildman–Crippen LogP) is 2.57. The maximum Gasteiger partial charge on any atom is 0.255 e. The molecule has 0 saturated heterocycles. The number of nitrogens with zero attached hydrogens (tertiary/aromatic N) is 1. The number of aliphatic hydroxyl groups is 2. The van der Waals surface area contributed by atoms with Gasteiger partial charge in [-0.25, -0.2) is 8.78 Å². The number of aliphatic hydroxyl groups excluding tert-OH is 2. The lowest BCUT2D eigenvalue weighted by atomic mass is 10.1. The molecule has 0 aliphatic carbocycles. The van der Waals surface area contributed by atoms with Crippen LogP contribution in [-0.2, 0) is 0 Å². The van der Waals surface area contributed by atoms with Crippen molar-refractivity contribution in [3.8, 4) is 0 Å². The third-order valence-corrected chi connectivity index (χ3v) is 3.16. The SMILES string of the molecule is CC(O)c1ccc(N(CCO)CC(F)F)c(Br)c1. The molecule has 0 bridgehead atoms. The van der Waals surface area contributed by atoms with Crippen molar-refractivity contribution in [3.63, 3.8) is 0 Å². The van der Waals surface area contributed by atoms with Crippen molar-refractivity contribution in [1.82, 2.24) is 0 Å². The van der Waals surface area contributed by atoms with E-state index in [4.69, 9.17) is 5.11 Å². The Kier molecular flexibility index (Phi) is 5.98. The Balaban J connectivity index is 2.97. The van der Waals surface area contributed by atoms with Crippen LogP contribution < -0.4 is 4.90 Å². The summed E-state index contributed by atoms with van der Waals surface area (Å²) in [6, 6.07) is 5.03. The molecule has 18 heavy (non-hydrogen) atoms. The fourth-order valence-corrected chi connectivity index (χ4v) is 2.28. The minimum atomic E-state index is -2.47. The first-order valence-corrected chi connectivity index (χ1v) is 6.36. The quantitative estimate of drug-likeness (QED) is 0.845. The predicted molar refractivity (Wildman–Crippen MR) is 70.1 cm³/mol. The fourth-order valence-electron chi connectivity index (χ4n) is 1.64. The zero-order chi connectivity index (χ0) is 13.7. The number of rotatable bonds is 6. The van der Waals surface area contributed by atoms with Gasteiger partial charge in [-0.05, 0) is 40.5 Å². The molecule has 0 saturated carbocycles. The molecule has 1 rings (SSSR count). The zero-order valence-corrected chi connectivity index (χ0v) is 11.6. The molecule has 0 aromatic heterocycles. The topological polar surface area (TPSA) is 43.7 Å². The highest BCUT2D eigenvalue weighted by Crippen LogP contribution is 2.29. The second-order valence-electron chi connectivity index (χ2n) is 3.95. The summed E-state index contributed by atoms with van der Waals surface area (Å²) in [7, 11) is 0. The van der Waals surface area contributed by atoms with Crippen molar-refractivity contribution in [3.05, 3.63) is 28.2 Å². The maximum absolute atomic E-state index is 12.5. The summed E-state index contributed by atoms with van der Waals surface area (Å²) in [5, 5.41) is 18.3. The molecule has 1 aromatic carbocycles. The molecule has 0 aliphatic rings. The van der Waals surface area contributed by atoms with Gasteiger partial charge in [0.05, 0.1) is 24.9 Å². The average Bonchev–Trinajstić information content (AvgIpc) is 2.27. The van der Waals surface area contributed by atoms with Gasteiger partial charge in [0.25, 0.3) is 6.43 Å². The normalized spacial score (nSPS) is 12.8. The Morgan fingerprint density at radius 3 is 2.50 bits per heavy atom. The van der Waals surface area contributed by atoms with E-state index in [1.54, 1.807) is 25.1 Å². The molecule has 1 atom stereocenters. The summed E-state index contributed by atoms with van der Waals surface area (Å²) in [5.41, 5.74) is 1.28. The van der Waals surface area contributed by atoms with Gasteiger partial charge in [-0.3, -0.25) is 0 Å². The molecule has 0 heterocycles. The van der Waals surface area contributed by atoms with Gasteiger partial charge in [-0.1, -0.05) is 6.07 Å². The molecule has 1 unspecified atom stereocenters.